The molecule has 4 nitrogen and oxygen atoms in total. The van der Waals surface area contributed by atoms with E-state index >= 15 is 0 Å². The highest BCUT2D eigenvalue weighted by Gasteiger charge is 2.21. The molecular formula is C14H30N2O2S. The Kier molecular flexibility index (Phi) is 11.4. The fourth-order valence-electron chi connectivity index (χ4n) is 1.87. The van der Waals surface area contributed by atoms with Gasteiger partial charge in [0.15, 0.2) is 0 Å². The summed E-state index contributed by atoms with van der Waals surface area (Å²) in [6, 6.07) is 0. The molecule has 0 saturated heterocycles. The quantitative estimate of drug-likeness (QED) is 0.236. The van der Waals surface area contributed by atoms with E-state index in [-0.39, 0.29) is 11.8 Å². The minimum absolute atomic E-state index is 0.154. The predicted molar refractivity (Wildman–Crippen MR) is 82.7 cm³/mol. The Labute approximate surface area is 121 Å². The smallest absolute Gasteiger partial charge is 0.237 e. The molecule has 0 rings (SSSR count). The molecule has 0 aliphatic carbocycles. The van der Waals surface area contributed by atoms with Gasteiger partial charge in [-0.2, -0.15) is 11.8 Å². The highest BCUT2D eigenvalue weighted by molar-refractivity contribution is 7.99. The van der Waals surface area contributed by atoms with Gasteiger partial charge >= 0.3 is 0 Å². The predicted octanol–water partition coefficient (Wildman–Crippen LogP) is 2.31. The zero-order valence-electron chi connectivity index (χ0n) is 12.5. The maximum Gasteiger partial charge on any atom is 0.237 e. The Bertz CT molecular complexity index is 237. The molecule has 0 radical (unpaired) electrons. The monoisotopic (exact) mass is 290 g/mol. The Morgan fingerprint density at radius 1 is 1.37 bits per heavy atom. The summed E-state index contributed by atoms with van der Waals surface area (Å²) in [5, 5.41) is 9.99. The lowest BCUT2D eigenvalue weighted by Crippen LogP contribution is -2.37. The van der Waals surface area contributed by atoms with Crippen LogP contribution in [0.2, 0.25) is 0 Å². The van der Waals surface area contributed by atoms with Crippen LogP contribution in [0, 0.1) is 11.8 Å². The van der Waals surface area contributed by atoms with E-state index in [1.165, 1.54) is 12.8 Å². The van der Waals surface area contributed by atoms with Crippen LogP contribution in [-0.2, 0) is 4.79 Å². The van der Waals surface area contributed by atoms with Crippen molar-refractivity contribution in [2.75, 3.05) is 11.5 Å². The number of hydrazine groups is 1. The average Bonchev–Trinajstić information content (AvgIpc) is 2.38. The SMILES string of the molecule is CCCCSC[C@@H](O)C[C@H](CCC(C)C)C(=O)NN. The topological polar surface area (TPSA) is 75.3 Å². The molecule has 0 bridgehead atoms. The Balaban J connectivity index is 4.04. The van der Waals surface area contributed by atoms with E-state index in [1.807, 2.05) is 0 Å². The van der Waals surface area contributed by atoms with Gasteiger partial charge in [-0.25, -0.2) is 5.84 Å². The molecule has 0 aliphatic heterocycles. The maximum atomic E-state index is 11.7. The summed E-state index contributed by atoms with van der Waals surface area (Å²) in [6.45, 7) is 6.42. The van der Waals surface area contributed by atoms with Crippen LogP contribution < -0.4 is 11.3 Å². The van der Waals surface area contributed by atoms with Crippen LogP contribution in [0.3, 0.4) is 0 Å². The van der Waals surface area contributed by atoms with Gasteiger partial charge < -0.3 is 5.11 Å². The van der Waals surface area contributed by atoms with Crippen molar-refractivity contribution in [1.29, 1.82) is 0 Å². The maximum absolute atomic E-state index is 11.7. The molecule has 1 amide bonds. The molecule has 0 fully saturated rings. The number of unbranched alkanes of at least 4 members (excludes halogenated alkanes) is 1. The van der Waals surface area contributed by atoms with Crippen molar-refractivity contribution < 1.29 is 9.90 Å². The van der Waals surface area contributed by atoms with E-state index in [2.05, 4.69) is 26.2 Å². The van der Waals surface area contributed by atoms with Crippen LogP contribution >= 0.6 is 11.8 Å². The van der Waals surface area contributed by atoms with Crippen LogP contribution in [0.15, 0.2) is 0 Å². The fraction of sp³-hybridized carbons (Fsp3) is 0.929. The number of aliphatic hydroxyl groups excluding tert-OH is 1. The number of carbonyl (C=O) groups excluding carboxylic acids is 1. The highest BCUT2D eigenvalue weighted by atomic mass is 32.2. The summed E-state index contributed by atoms with van der Waals surface area (Å²) >= 11 is 1.76. The summed E-state index contributed by atoms with van der Waals surface area (Å²) < 4.78 is 0. The molecule has 4 N–H and O–H groups in total. The number of thioether (sulfide) groups is 1. The third kappa shape index (κ3) is 10.2. The summed E-state index contributed by atoms with van der Waals surface area (Å²) in [6.07, 6.45) is 4.21. The Morgan fingerprint density at radius 2 is 2.05 bits per heavy atom. The molecule has 0 aromatic rings. The third-order valence-electron chi connectivity index (χ3n) is 3.11. The summed E-state index contributed by atoms with van der Waals surface area (Å²) in [5.41, 5.74) is 2.21. The van der Waals surface area contributed by atoms with Gasteiger partial charge in [-0.05, 0) is 30.9 Å². The number of carbonyl (C=O) groups is 1. The number of hydrogen-bond acceptors (Lipinski definition) is 4. The van der Waals surface area contributed by atoms with Gasteiger partial charge in [0.2, 0.25) is 5.91 Å². The normalized spacial score (nSPS) is 14.4. The van der Waals surface area contributed by atoms with Crippen LogP contribution in [0.4, 0.5) is 0 Å². The van der Waals surface area contributed by atoms with E-state index < -0.39 is 6.10 Å². The molecule has 114 valence electrons. The number of nitrogens with one attached hydrogen (secondary N) is 1. The number of rotatable bonds is 11. The second-order valence-corrected chi connectivity index (χ2v) is 6.64. The molecule has 0 spiro atoms. The first-order valence-corrected chi connectivity index (χ1v) is 8.42. The van der Waals surface area contributed by atoms with Gasteiger partial charge in [-0.15, -0.1) is 0 Å². The first-order valence-electron chi connectivity index (χ1n) is 7.27. The first kappa shape index (κ1) is 18.7. The van der Waals surface area contributed by atoms with Crippen molar-refractivity contribution in [3.05, 3.63) is 0 Å². The third-order valence-corrected chi connectivity index (χ3v) is 4.31. The lowest BCUT2D eigenvalue weighted by atomic mass is 9.92. The minimum atomic E-state index is -0.420. The Morgan fingerprint density at radius 3 is 2.58 bits per heavy atom. The first-order chi connectivity index (χ1) is 9.01. The Hall–Kier alpha value is -0.260. The van der Waals surface area contributed by atoms with Crippen molar-refractivity contribution in [3.63, 3.8) is 0 Å². The second-order valence-electron chi connectivity index (χ2n) is 5.49. The number of nitrogens with two attached hydrogens (primary N) is 1. The fourth-order valence-corrected chi connectivity index (χ4v) is 2.94. The van der Waals surface area contributed by atoms with E-state index in [0.29, 0.717) is 18.1 Å². The van der Waals surface area contributed by atoms with Gasteiger partial charge in [0.25, 0.3) is 0 Å². The van der Waals surface area contributed by atoms with Gasteiger partial charge in [0.1, 0.15) is 0 Å². The van der Waals surface area contributed by atoms with Crippen molar-refractivity contribution in [3.8, 4) is 0 Å². The van der Waals surface area contributed by atoms with E-state index in [0.717, 1.165) is 18.6 Å². The lowest BCUT2D eigenvalue weighted by molar-refractivity contribution is -0.126. The second kappa shape index (κ2) is 11.6. The number of aliphatic hydroxyl groups is 1. The molecule has 0 aromatic carbocycles. The summed E-state index contributed by atoms with van der Waals surface area (Å²) in [4.78, 5) is 11.7. The van der Waals surface area contributed by atoms with Gasteiger partial charge in [0.05, 0.1) is 6.10 Å². The molecule has 19 heavy (non-hydrogen) atoms. The van der Waals surface area contributed by atoms with Crippen molar-refractivity contribution in [2.24, 2.45) is 17.7 Å². The molecule has 0 aromatic heterocycles. The highest BCUT2D eigenvalue weighted by Crippen LogP contribution is 2.19. The average molecular weight is 290 g/mol. The van der Waals surface area contributed by atoms with Crippen LogP contribution in [0.25, 0.3) is 0 Å². The summed E-state index contributed by atoms with van der Waals surface area (Å²) in [7, 11) is 0. The van der Waals surface area contributed by atoms with Gasteiger partial charge in [-0.3, -0.25) is 10.2 Å². The number of amides is 1. The zero-order chi connectivity index (χ0) is 14.7. The minimum Gasteiger partial charge on any atom is -0.392 e. The molecule has 0 heterocycles. The van der Waals surface area contributed by atoms with Crippen molar-refractivity contribution >= 4 is 17.7 Å². The largest absolute Gasteiger partial charge is 0.392 e. The van der Waals surface area contributed by atoms with Crippen LogP contribution in [-0.4, -0.2) is 28.6 Å². The standard InChI is InChI=1S/C14H30N2O2S/c1-4-5-8-19-10-13(17)9-12(14(18)16-15)7-6-11(2)3/h11-13,17H,4-10,15H2,1-3H3,(H,16,18)/t12-,13-/m0/s1. The molecule has 5 heteroatoms. The van der Waals surface area contributed by atoms with Crippen molar-refractivity contribution in [2.45, 2.75) is 59.0 Å². The van der Waals surface area contributed by atoms with Crippen LogP contribution in [0.5, 0.6) is 0 Å². The van der Waals surface area contributed by atoms with Gasteiger partial charge in [0, 0.05) is 11.7 Å². The van der Waals surface area contributed by atoms with Crippen molar-refractivity contribution in [1.82, 2.24) is 5.43 Å². The van der Waals surface area contributed by atoms with Crippen LogP contribution in [0.1, 0.15) is 52.9 Å². The molecule has 2 atom stereocenters. The molecule has 0 saturated carbocycles. The van der Waals surface area contributed by atoms with E-state index in [4.69, 9.17) is 5.84 Å². The number of hydrogen-bond donors (Lipinski definition) is 3. The molecular weight excluding hydrogens is 260 g/mol. The van der Waals surface area contributed by atoms with E-state index in [1.54, 1.807) is 11.8 Å². The summed E-state index contributed by atoms with van der Waals surface area (Å²) in [5.74, 6) is 7.22. The van der Waals surface area contributed by atoms with Gasteiger partial charge in [-0.1, -0.05) is 33.6 Å². The molecule has 0 aliphatic rings. The molecule has 0 unspecified atom stereocenters. The lowest BCUT2D eigenvalue weighted by Gasteiger charge is -2.19. The zero-order valence-corrected chi connectivity index (χ0v) is 13.3. The van der Waals surface area contributed by atoms with E-state index in [9.17, 15) is 9.90 Å².